The summed E-state index contributed by atoms with van der Waals surface area (Å²) < 4.78 is 0. The summed E-state index contributed by atoms with van der Waals surface area (Å²) >= 11 is 7.43. The molecule has 0 unspecified atom stereocenters. The fourth-order valence-electron chi connectivity index (χ4n) is 3.09. The van der Waals surface area contributed by atoms with Crippen LogP contribution in [-0.4, -0.2) is 60.3 Å². The van der Waals surface area contributed by atoms with Gasteiger partial charge in [0, 0.05) is 35.7 Å². The van der Waals surface area contributed by atoms with Crippen LogP contribution in [0.25, 0.3) is 0 Å². The summed E-state index contributed by atoms with van der Waals surface area (Å²) in [6, 6.07) is 15.2. The van der Waals surface area contributed by atoms with E-state index in [1.54, 1.807) is 5.38 Å². The van der Waals surface area contributed by atoms with E-state index in [4.69, 9.17) is 11.6 Å². The summed E-state index contributed by atoms with van der Waals surface area (Å²) in [5.74, 6) is -0.502. The quantitative estimate of drug-likeness (QED) is 0.450. The van der Waals surface area contributed by atoms with Crippen molar-refractivity contribution in [1.82, 2.24) is 20.1 Å². The van der Waals surface area contributed by atoms with Crippen molar-refractivity contribution in [2.75, 3.05) is 39.0 Å². The summed E-state index contributed by atoms with van der Waals surface area (Å²) in [7, 11) is 3.88. The highest BCUT2D eigenvalue weighted by Gasteiger charge is 2.22. The van der Waals surface area contributed by atoms with Crippen LogP contribution >= 0.6 is 22.9 Å². The van der Waals surface area contributed by atoms with E-state index < -0.39 is 0 Å². The Morgan fingerprint density at radius 2 is 1.88 bits per heavy atom. The van der Waals surface area contributed by atoms with E-state index in [1.807, 2.05) is 74.4 Å². The standard InChI is InChI=1S/C24H28ClN5O2S/c1-17-9-10-19(25)13-20(17)27-24-28-21(16-33-24)23(32)30(14-18-7-5-4-6-8-18)15-22(31)26-11-12-29(2)3/h4-10,13,16H,11-12,14-15H2,1-3H3,(H,26,31)(H,27,28). The predicted molar refractivity (Wildman–Crippen MR) is 134 cm³/mol. The van der Waals surface area contributed by atoms with Gasteiger partial charge >= 0.3 is 0 Å². The van der Waals surface area contributed by atoms with Gasteiger partial charge in [-0.25, -0.2) is 4.98 Å². The molecule has 0 aliphatic rings. The van der Waals surface area contributed by atoms with Gasteiger partial charge in [-0.3, -0.25) is 9.59 Å². The molecule has 0 aliphatic heterocycles. The Morgan fingerprint density at radius 3 is 2.61 bits per heavy atom. The Bertz CT molecular complexity index is 1090. The lowest BCUT2D eigenvalue weighted by Crippen LogP contribution is -2.42. The number of anilines is 2. The minimum absolute atomic E-state index is 0.0468. The van der Waals surface area contributed by atoms with Crippen molar-refractivity contribution in [3.05, 3.63) is 75.8 Å². The molecule has 0 saturated heterocycles. The molecule has 0 fully saturated rings. The van der Waals surface area contributed by atoms with Crippen LogP contribution in [0.1, 0.15) is 21.6 Å². The number of carbonyl (C=O) groups excluding carboxylic acids is 2. The van der Waals surface area contributed by atoms with Gasteiger partial charge in [0.1, 0.15) is 12.2 Å². The van der Waals surface area contributed by atoms with Gasteiger partial charge in [-0.15, -0.1) is 11.3 Å². The predicted octanol–water partition coefficient (Wildman–Crippen LogP) is 4.17. The number of halogens is 1. The lowest BCUT2D eigenvalue weighted by atomic mass is 10.2. The molecule has 2 N–H and O–H groups in total. The number of amides is 2. The van der Waals surface area contributed by atoms with Crippen LogP contribution in [0.3, 0.4) is 0 Å². The number of rotatable bonds is 10. The number of aromatic nitrogens is 1. The maximum absolute atomic E-state index is 13.3. The number of carbonyl (C=O) groups is 2. The maximum atomic E-state index is 13.3. The highest BCUT2D eigenvalue weighted by Crippen LogP contribution is 2.26. The van der Waals surface area contributed by atoms with Gasteiger partial charge in [0.2, 0.25) is 5.91 Å². The summed E-state index contributed by atoms with van der Waals surface area (Å²) in [5.41, 5.74) is 3.08. The first-order valence-corrected chi connectivity index (χ1v) is 11.8. The van der Waals surface area contributed by atoms with E-state index in [0.717, 1.165) is 23.4 Å². The van der Waals surface area contributed by atoms with E-state index in [-0.39, 0.29) is 18.4 Å². The van der Waals surface area contributed by atoms with Crippen molar-refractivity contribution in [1.29, 1.82) is 0 Å². The summed E-state index contributed by atoms with van der Waals surface area (Å²) in [6.45, 7) is 3.48. The molecular formula is C24H28ClN5O2S. The van der Waals surface area contributed by atoms with Gasteiger partial charge in [-0.05, 0) is 44.3 Å². The third-order valence-electron chi connectivity index (χ3n) is 4.88. The van der Waals surface area contributed by atoms with E-state index in [1.165, 1.54) is 16.2 Å². The number of likely N-dealkylation sites (N-methyl/N-ethyl adjacent to an activating group) is 1. The summed E-state index contributed by atoms with van der Waals surface area (Å²) in [6.07, 6.45) is 0. The van der Waals surface area contributed by atoms with Crippen LogP contribution in [0, 0.1) is 6.92 Å². The molecule has 1 heterocycles. The zero-order valence-electron chi connectivity index (χ0n) is 19.0. The maximum Gasteiger partial charge on any atom is 0.274 e. The zero-order chi connectivity index (χ0) is 23.8. The molecule has 2 aromatic carbocycles. The van der Waals surface area contributed by atoms with Gasteiger partial charge in [0.15, 0.2) is 5.13 Å². The Labute approximate surface area is 203 Å². The van der Waals surface area contributed by atoms with Crippen LogP contribution in [-0.2, 0) is 11.3 Å². The second-order valence-corrected chi connectivity index (χ2v) is 9.22. The number of hydrogen-bond acceptors (Lipinski definition) is 6. The molecule has 7 nitrogen and oxygen atoms in total. The molecule has 0 bridgehead atoms. The zero-order valence-corrected chi connectivity index (χ0v) is 20.5. The number of thiazole rings is 1. The first-order chi connectivity index (χ1) is 15.8. The molecule has 0 radical (unpaired) electrons. The third-order valence-corrected chi connectivity index (χ3v) is 5.88. The topological polar surface area (TPSA) is 77.6 Å². The first kappa shape index (κ1) is 24.7. The first-order valence-electron chi connectivity index (χ1n) is 10.5. The largest absolute Gasteiger partial charge is 0.353 e. The fourth-order valence-corrected chi connectivity index (χ4v) is 3.96. The normalized spacial score (nSPS) is 10.8. The second-order valence-electron chi connectivity index (χ2n) is 7.92. The summed E-state index contributed by atoms with van der Waals surface area (Å²) in [5, 5.41) is 8.99. The number of hydrogen-bond donors (Lipinski definition) is 2. The van der Waals surface area contributed by atoms with E-state index in [0.29, 0.717) is 28.9 Å². The molecule has 0 saturated carbocycles. The van der Waals surface area contributed by atoms with Crippen LogP contribution in [0.5, 0.6) is 0 Å². The number of aryl methyl sites for hydroxylation is 1. The molecule has 0 atom stereocenters. The van der Waals surface area contributed by atoms with Crippen LogP contribution in [0.2, 0.25) is 5.02 Å². The van der Waals surface area contributed by atoms with Gasteiger partial charge in [-0.2, -0.15) is 0 Å². The van der Waals surface area contributed by atoms with Gasteiger partial charge < -0.3 is 20.4 Å². The SMILES string of the molecule is Cc1ccc(Cl)cc1Nc1nc(C(=O)N(CC(=O)NCCN(C)C)Cc2ccccc2)cs1. The average Bonchev–Trinajstić information content (AvgIpc) is 3.24. The molecule has 0 spiro atoms. The minimum Gasteiger partial charge on any atom is -0.353 e. The smallest absolute Gasteiger partial charge is 0.274 e. The van der Waals surface area contributed by atoms with E-state index in [9.17, 15) is 9.59 Å². The molecule has 1 aromatic heterocycles. The Morgan fingerprint density at radius 1 is 1.12 bits per heavy atom. The molecular weight excluding hydrogens is 458 g/mol. The van der Waals surface area contributed by atoms with E-state index in [2.05, 4.69) is 15.6 Å². The third kappa shape index (κ3) is 7.56. The van der Waals surface area contributed by atoms with Crippen LogP contribution < -0.4 is 10.6 Å². The van der Waals surface area contributed by atoms with Gasteiger partial charge in [0.25, 0.3) is 5.91 Å². The number of nitrogens with zero attached hydrogens (tertiary/aromatic N) is 3. The lowest BCUT2D eigenvalue weighted by Gasteiger charge is -2.22. The van der Waals surface area contributed by atoms with Crippen molar-refractivity contribution in [2.45, 2.75) is 13.5 Å². The second kappa shape index (κ2) is 11.8. The van der Waals surface area contributed by atoms with Crippen molar-refractivity contribution in [3.8, 4) is 0 Å². The van der Waals surface area contributed by atoms with Crippen molar-refractivity contribution in [2.24, 2.45) is 0 Å². The fraction of sp³-hybridized carbons (Fsp3) is 0.292. The molecule has 9 heteroatoms. The minimum atomic E-state index is -0.297. The Hall–Kier alpha value is -2.94. The lowest BCUT2D eigenvalue weighted by molar-refractivity contribution is -0.121. The van der Waals surface area contributed by atoms with Gasteiger partial charge in [-0.1, -0.05) is 48.0 Å². The van der Waals surface area contributed by atoms with Crippen LogP contribution in [0.4, 0.5) is 10.8 Å². The molecule has 174 valence electrons. The summed E-state index contributed by atoms with van der Waals surface area (Å²) in [4.78, 5) is 33.8. The highest BCUT2D eigenvalue weighted by molar-refractivity contribution is 7.14. The Balaban J connectivity index is 1.73. The molecule has 2 amide bonds. The van der Waals surface area contributed by atoms with Crippen molar-refractivity contribution in [3.63, 3.8) is 0 Å². The molecule has 0 aliphatic carbocycles. The Kier molecular flexibility index (Phi) is 8.82. The van der Waals surface area contributed by atoms with Crippen LogP contribution in [0.15, 0.2) is 53.9 Å². The highest BCUT2D eigenvalue weighted by atomic mass is 35.5. The monoisotopic (exact) mass is 485 g/mol. The molecule has 3 aromatic rings. The number of benzene rings is 2. The number of nitrogens with one attached hydrogen (secondary N) is 2. The van der Waals surface area contributed by atoms with E-state index >= 15 is 0 Å². The van der Waals surface area contributed by atoms with Crippen molar-refractivity contribution < 1.29 is 9.59 Å². The average molecular weight is 486 g/mol. The van der Waals surface area contributed by atoms with Crippen molar-refractivity contribution >= 4 is 45.6 Å². The van der Waals surface area contributed by atoms with Gasteiger partial charge in [0.05, 0.1) is 0 Å². The molecule has 3 rings (SSSR count). The molecule has 33 heavy (non-hydrogen) atoms.